The molecule has 1 N–H and O–H groups in total. The smallest absolute Gasteiger partial charge is 0.378 e. The highest BCUT2D eigenvalue weighted by Gasteiger charge is 2.52. The first-order valence-electron chi connectivity index (χ1n) is 7.36. The maximum atomic E-state index is 12.2. The standard InChI is InChI=1S/C14H25F3N2O2/c1-5-7-19(12(20)18-9-14(15,16)17)10-8-11(21-6-2)13(10,3)4/h10-11H,5-9H2,1-4H3,(H,18,20)/t10-,11+/m0/s1. The van der Waals surface area contributed by atoms with Crippen molar-refractivity contribution in [2.75, 3.05) is 19.7 Å². The molecule has 2 amide bonds. The summed E-state index contributed by atoms with van der Waals surface area (Å²) in [5.74, 6) is 0. The molecule has 0 unspecified atom stereocenters. The molecular formula is C14H25F3N2O2. The van der Waals surface area contributed by atoms with Gasteiger partial charge in [0.2, 0.25) is 0 Å². The van der Waals surface area contributed by atoms with E-state index in [4.69, 9.17) is 4.74 Å². The predicted octanol–water partition coefficient (Wildman–Crippen LogP) is 3.17. The number of amides is 2. The van der Waals surface area contributed by atoms with Crippen LogP contribution < -0.4 is 5.32 Å². The highest BCUT2D eigenvalue weighted by molar-refractivity contribution is 5.75. The zero-order chi connectivity index (χ0) is 16.3. The maximum Gasteiger partial charge on any atom is 0.405 e. The fraction of sp³-hybridized carbons (Fsp3) is 0.929. The summed E-state index contributed by atoms with van der Waals surface area (Å²) in [5, 5.41) is 1.96. The Bertz CT molecular complexity index is 359. The number of hydrogen-bond acceptors (Lipinski definition) is 2. The van der Waals surface area contributed by atoms with Gasteiger partial charge in [-0.05, 0) is 19.8 Å². The van der Waals surface area contributed by atoms with Crippen LogP contribution in [0.2, 0.25) is 0 Å². The number of nitrogens with one attached hydrogen (secondary N) is 1. The monoisotopic (exact) mass is 310 g/mol. The first-order chi connectivity index (χ1) is 9.63. The molecule has 1 rings (SSSR count). The molecule has 0 saturated heterocycles. The van der Waals surface area contributed by atoms with Gasteiger partial charge in [0, 0.05) is 24.6 Å². The van der Waals surface area contributed by atoms with Gasteiger partial charge in [-0.3, -0.25) is 0 Å². The van der Waals surface area contributed by atoms with E-state index in [9.17, 15) is 18.0 Å². The number of halogens is 3. The van der Waals surface area contributed by atoms with Crippen LogP contribution in [0.1, 0.15) is 40.5 Å². The van der Waals surface area contributed by atoms with Crippen LogP contribution in [0.5, 0.6) is 0 Å². The van der Waals surface area contributed by atoms with E-state index in [1.165, 1.54) is 4.90 Å². The molecule has 1 aliphatic carbocycles. The van der Waals surface area contributed by atoms with E-state index >= 15 is 0 Å². The normalized spacial score (nSPS) is 24.3. The van der Waals surface area contributed by atoms with E-state index in [1.807, 2.05) is 33.0 Å². The van der Waals surface area contributed by atoms with Crippen LogP contribution in [0.4, 0.5) is 18.0 Å². The maximum absolute atomic E-state index is 12.2. The number of alkyl halides is 3. The van der Waals surface area contributed by atoms with Crippen molar-refractivity contribution in [2.24, 2.45) is 5.41 Å². The molecule has 0 bridgehead atoms. The molecule has 0 aromatic rings. The molecule has 2 atom stereocenters. The number of ether oxygens (including phenoxy) is 1. The van der Waals surface area contributed by atoms with E-state index < -0.39 is 18.8 Å². The number of carbonyl (C=O) groups excluding carboxylic acids is 1. The van der Waals surface area contributed by atoms with Crippen molar-refractivity contribution in [1.29, 1.82) is 0 Å². The van der Waals surface area contributed by atoms with Crippen LogP contribution in [0.3, 0.4) is 0 Å². The van der Waals surface area contributed by atoms with Crippen molar-refractivity contribution in [3.63, 3.8) is 0 Å². The molecule has 0 aromatic carbocycles. The third-order valence-electron chi connectivity index (χ3n) is 4.04. The van der Waals surface area contributed by atoms with E-state index in [0.29, 0.717) is 26.0 Å². The zero-order valence-electron chi connectivity index (χ0n) is 13.1. The Morgan fingerprint density at radius 2 is 2.00 bits per heavy atom. The molecular weight excluding hydrogens is 285 g/mol. The summed E-state index contributed by atoms with van der Waals surface area (Å²) in [6.07, 6.45) is -2.98. The second kappa shape index (κ2) is 6.85. The first kappa shape index (κ1) is 18.1. The number of rotatable bonds is 6. The van der Waals surface area contributed by atoms with Gasteiger partial charge < -0.3 is 15.0 Å². The molecule has 1 aliphatic rings. The second-order valence-corrected chi connectivity index (χ2v) is 5.98. The second-order valence-electron chi connectivity index (χ2n) is 5.98. The highest BCUT2D eigenvalue weighted by Crippen LogP contribution is 2.45. The molecule has 0 spiro atoms. The van der Waals surface area contributed by atoms with Gasteiger partial charge in [-0.25, -0.2) is 4.79 Å². The van der Waals surface area contributed by atoms with Crippen LogP contribution in [0, 0.1) is 5.41 Å². The molecule has 0 radical (unpaired) electrons. The lowest BCUT2D eigenvalue weighted by Crippen LogP contribution is -2.65. The van der Waals surface area contributed by atoms with E-state index in [1.54, 1.807) is 0 Å². The molecule has 21 heavy (non-hydrogen) atoms. The molecule has 1 saturated carbocycles. The van der Waals surface area contributed by atoms with E-state index in [-0.39, 0.29) is 17.6 Å². The molecule has 1 fully saturated rings. The van der Waals surface area contributed by atoms with Crippen molar-refractivity contribution in [2.45, 2.75) is 58.9 Å². The Labute approximate surface area is 124 Å². The summed E-state index contributed by atoms with van der Waals surface area (Å²) >= 11 is 0. The fourth-order valence-electron chi connectivity index (χ4n) is 2.79. The Kier molecular flexibility index (Phi) is 5.90. The van der Waals surface area contributed by atoms with Gasteiger partial charge >= 0.3 is 12.2 Å². The summed E-state index contributed by atoms with van der Waals surface area (Å²) in [7, 11) is 0. The van der Waals surface area contributed by atoms with Crippen LogP contribution >= 0.6 is 0 Å². The Balaban J connectivity index is 2.68. The molecule has 4 nitrogen and oxygen atoms in total. The quantitative estimate of drug-likeness (QED) is 0.818. The molecule has 0 aromatic heterocycles. The topological polar surface area (TPSA) is 41.6 Å². The summed E-state index contributed by atoms with van der Waals surface area (Å²) in [5.41, 5.74) is -0.249. The summed E-state index contributed by atoms with van der Waals surface area (Å²) < 4.78 is 42.3. The van der Waals surface area contributed by atoms with Gasteiger partial charge in [-0.1, -0.05) is 20.8 Å². The van der Waals surface area contributed by atoms with E-state index in [2.05, 4.69) is 0 Å². The Morgan fingerprint density at radius 3 is 2.43 bits per heavy atom. The largest absolute Gasteiger partial charge is 0.405 e. The SMILES string of the molecule is CCCN(C(=O)NCC(F)(F)F)[C@H]1C[C@@H](OCC)C1(C)C. The average Bonchev–Trinajstić information content (AvgIpc) is 2.37. The highest BCUT2D eigenvalue weighted by atomic mass is 19.4. The minimum Gasteiger partial charge on any atom is -0.378 e. The van der Waals surface area contributed by atoms with Crippen LogP contribution in [-0.4, -0.2) is 48.9 Å². The lowest BCUT2D eigenvalue weighted by molar-refractivity contribution is -0.142. The Morgan fingerprint density at radius 1 is 1.38 bits per heavy atom. The molecule has 0 aliphatic heterocycles. The van der Waals surface area contributed by atoms with Crippen molar-refractivity contribution in [3.8, 4) is 0 Å². The first-order valence-corrected chi connectivity index (χ1v) is 7.36. The van der Waals surface area contributed by atoms with Crippen LogP contribution in [0.15, 0.2) is 0 Å². The van der Waals surface area contributed by atoms with Crippen molar-refractivity contribution >= 4 is 6.03 Å². The average molecular weight is 310 g/mol. The summed E-state index contributed by atoms with van der Waals surface area (Å²) in [4.78, 5) is 13.6. The van der Waals surface area contributed by atoms with Gasteiger partial charge in [-0.15, -0.1) is 0 Å². The Hall–Kier alpha value is -0.980. The number of urea groups is 1. The van der Waals surface area contributed by atoms with Crippen molar-refractivity contribution < 1.29 is 22.7 Å². The van der Waals surface area contributed by atoms with Gasteiger partial charge in [0.05, 0.1) is 6.10 Å². The number of nitrogens with zero attached hydrogens (tertiary/aromatic N) is 1. The van der Waals surface area contributed by atoms with Crippen LogP contribution in [0.25, 0.3) is 0 Å². The predicted molar refractivity (Wildman–Crippen MR) is 74.1 cm³/mol. The van der Waals surface area contributed by atoms with Gasteiger partial charge in [-0.2, -0.15) is 13.2 Å². The fourth-order valence-corrected chi connectivity index (χ4v) is 2.79. The number of hydrogen-bond donors (Lipinski definition) is 1. The summed E-state index contributed by atoms with van der Waals surface area (Å²) in [6.45, 7) is 7.51. The minimum absolute atomic E-state index is 0.0438. The van der Waals surface area contributed by atoms with E-state index in [0.717, 1.165) is 0 Å². The van der Waals surface area contributed by atoms with Gasteiger partial charge in [0.15, 0.2) is 0 Å². The lowest BCUT2D eigenvalue weighted by Gasteiger charge is -2.55. The molecule has 0 heterocycles. The summed E-state index contributed by atoms with van der Waals surface area (Å²) in [6, 6.07) is -0.746. The third kappa shape index (κ3) is 4.49. The molecule has 7 heteroatoms. The number of carbonyl (C=O) groups is 1. The lowest BCUT2D eigenvalue weighted by atomic mass is 9.63. The van der Waals surface area contributed by atoms with Gasteiger partial charge in [0.25, 0.3) is 0 Å². The van der Waals surface area contributed by atoms with Gasteiger partial charge in [0.1, 0.15) is 6.54 Å². The zero-order valence-corrected chi connectivity index (χ0v) is 13.1. The van der Waals surface area contributed by atoms with Crippen molar-refractivity contribution in [3.05, 3.63) is 0 Å². The van der Waals surface area contributed by atoms with Crippen LogP contribution in [-0.2, 0) is 4.74 Å². The molecule has 124 valence electrons. The minimum atomic E-state index is -4.39. The van der Waals surface area contributed by atoms with Crippen molar-refractivity contribution in [1.82, 2.24) is 10.2 Å². The third-order valence-corrected chi connectivity index (χ3v) is 4.04.